The van der Waals surface area contributed by atoms with Gasteiger partial charge in [-0.2, -0.15) is 0 Å². The van der Waals surface area contributed by atoms with Gasteiger partial charge in [-0.05, 0) is 18.2 Å². The Morgan fingerprint density at radius 1 is 1.32 bits per heavy atom. The first-order chi connectivity index (χ1) is 9.13. The van der Waals surface area contributed by atoms with Crippen molar-refractivity contribution in [1.29, 1.82) is 0 Å². The van der Waals surface area contributed by atoms with E-state index in [1.165, 1.54) is 19.3 Å². The highest BCUT2D eigenvalue weighted by molar-refractivity contribution is 5.94. The summed E-state index contributed by atoms with van der Waals surface area (Å²) in [6.45, 7) is 0. The number of nitrogens with zero attached hydrogens (tertiary/aromatic N) is 1. The second-order valence-corrected chi connectivity index (χ2v) is 3.98. The summed E-state index contributed by atoms with van der Waals surface area (Å²) in [5.74, 6) is 0.0210. The topological polar surface area (TPSA) is 85.0 Å². The monoisotopic (exact) mass is 263 g/mol. The number of benzene rings is 1. The lowest BCUT2D eigenvalue weighted by atomic mass is 10.1. The van der Waals surface area contributed by atoms with Gasteiger partial charge in [0.15, 0.2) is 5.75 Å². The van der Waals surface area contributed by atoms with Crippen LogP contribution in [0.3, 0.4) is 0 Å². The maximum absolute atomic E-state index is 10.2. The van der Waals surface area contributed by atoms with E-state index in [2.05, 4.69) is 5.48 Å². The zero-order valence-corrected chi connectivity index (χ0v) is 10.4. The lowest BCUT2D eigenvalue weighted by molar-refractivity contribution is -0.712. The quantitative estimate of drug-likeness (QED) is 0.382. The molecule has 0 aliphatic heterocycles. The Morgan fingerprint density at radius 3 is 2.79 bits per heavy atom. The predicted octanol–water partition coefficient (Wildman–Crippen LogP) is 2.24. The number of phenols is 1. The first-order valence-corrected chi connectivity index (χ1v) is 5.65. The van der Waals surface area contributed by atoms with Crippen LogP contribution in [-0.2, 0) is 4.84 Å². The molecule has 19 heavy (non-hydrogen) atoms. The van der Waals surface area contributed by atoms with Crippen molar-refractivity contribution in [3.63, 3.8) is 0 Å². The average Bonchev–Trinajstić information content (AvgIpc) is 2.39. The summed E-state index contributed by atoms with van der Waals surface area (Å²) in [6, 6.07) is 4.71. The van der Waals surface area contributed by atoms with E-state index >= 15 is 0 Å². The van der Waals surface area contributed by atoms with Crippen molar-refractivity contribution in [1.82, 2.24) is 0 Å². The van der Waals surface area contributed by atoms with Crippen LogP contribution in [0.25, 0.3) is 0 Å². The van der Waals surface area contributed by atoms with Crippen molar-refractivity contribution in [3.05, 3.63) is 42.2 Å². The third-order valence-electron chi connectivity index (χ3n) is 2.65. The molecule has 1 aliphatic rings. The van der Waals surface area contributed by atoms with Crippen molar-refractivity contribution in [2.45, 2.75) is 6.42 Å². The summed E-state index contributed by atoms with van der Waals surface area (Å²) >= 11 is 0. The van der Waals surface area contributed by atoms with E-state index in [0.717, 1.165) is 4.74 Å². The molecule has 1 aromatic rings. The van der Waals surface area contributed by atoms with Crippen molar-refractivity contribution in [2.75, 3.05) is 12.6 Å². The van der Waals surface area contributed by atoms with Gasteiger partial charge in [0.1, 0.15) is 11.4 Å². The van der Waals surface area contributed by atoms with Crippen LogP contribution in [0.5, 0.6) is 5.75 Å². The van der Waals surface area contributed by atoms with Crippen LogP contribution in [0.15, 0.2) is 42.2 Å². The Kier molecular flexibility index (Phi) is 3.72. The maximum Gasteiger partial charge on any atom is 0.324 e. The zero-order chi connectivity index (χ0) is 13.8. The van der Waals surface area contributed by atoms with E-state index in [1.54, 1.807) is 24.3 Å². The van der Waals surface area contributed by atoms with E-state index in [-0.39, 0.29) is 23.6 Å². The van der Waals surface area contributed by atoms with Gasteiger partial charge in [0.05, 0.1) is 13.5 Å². The molecule has 0 atom stereocenters. The van der Waals surface area contributed by atoms with Gasteiger partial charge in [0.2, 0.25) is 5.71 Å². The molecule has 0 bridgehead atoms. The van der Waals surface area contributed by atoms with Gasteiger partial charge >= 0.3 is 5.69 Å². The van der Waals surface area contributed by atoms with Crippen LogP contribution < -0.4 is 5.48 Å². The molecule has 6 heteroatoms. The molecule has 0 heterocycles. The molecule has 0 aromatic heterocycles. The number of aliphatic hydroxyl groups excluding tert-OH is 1. The number of phenolic OH excluding ortho intramolecular Hbond substituents is 1. The Hall–Kier alpha value is -2.47. The van der Waals surface area contributed by atoms with Gasteiger partial charge in [0, 0.05) is 10.8 Å². The number of para-hydroxylation sites is 1. The molecule has 0 saturated heterocycles. The van der Waals surface area contributed by atoms with E-state index in [0.29, 0.717) is 11.4 Å². The van der Waals surface area contributed by atoms with Crippen molar-refractivity contribution in [2.24, 2.45) is 0 Å². The molecule has 0 amide bonds. The molecule has 100 valence electrons. The van der Waals surface area contributed by atoms with Crippen LogP contribution in [0, 0.1) is 0 Å². The van der Waals surface area contributed by atoms with Crippen LogP contribution in [0.4, 0.5) is 11.4 Å². The minimum absolute atomic E-state index is 0.112. The second kappa shape index (κ2) is 5.45. The molecule has 2 rings (SSSR count). The minimum Gasteiger partial charge on any atom is -0.512 e. The summed E-state index contributed by atoms with van der Waals surface area (Å²) < 4.78 is 0.816. The molecule has 1 aliphatic carbocycles. The van der Waals surface area contributed by atoms with Crippen molar-refractivity contribution in [3.8, 4) is 5.75 Å². The highest BCUT2D eigenvalue weighted by Crippen LogP contribution is 2.34. The van der Waals surface area contributed by atoms with Crippen LogP contribution in [0.2, 0.25) is 0 Å². The largest absolute Gasteiger partial charge is 0.512 e. The standard InChI is InChI=1S/C13H14N2O4/c1-19-14-11-6-3-7-12(17)13(11)15(18)9-4-2-5-10(16)8-9/h2-7,14,17-18H,8H2,1H3/p+1. The summed E-state index contributed by atoms with van der Waals surface area (Å²) in [5, 5.41) is 29.5. The predicted molar refractivity (Wildman–Crippen MR) is 69.9 cm³/mol. The number of nitrogens with one attached hydrogen (secondary N) is 1. The van der Waals surface area contributed by atoms with Crippen LogP contribution >= 0.6 is 0 Å². The van der Waals surface area contributed by atoms with Crippen LogP contribution in [-0.4, -0.2) is 33.0 Å². The van der Waals surface area contributed by atoms with Gasteiger partial charge < -0.3 is 10.2 Å². The lowest BCUT2D eigenvalue weighted by Gasteiger charge is -2.08. The number of allylic oxidation sites excluding steroid dienone is 4. The van der Waals surface area contributed by atoms with E-state index in [1.807, 2.05) is 0 Å². The fourth-order valence-electron chi connectivity index (χ4n) is 1.81. The number of aliphatic hydroxyl groups is 1. The lowest BCUT2D eigenvalue weighted by Crippen LogP contribution is -2.15. The normalized spacial score (nSPS) is 17.0. The van der Waals surface area contributed by atoms with Gasteiger partial charge in [-0.25, -0.2) is 0 Å². The van der Waals surface area contributed by atoms with Gasteiger partial charge in [0.25, 0.3) is 0 Å². The Morgan fingerprint density at radius 2 is 2.11 bits per heavy atom. The molecule has 0 radical (unpaired) electrons. The molecule has 4 N–H and O–H groups in total. The molecule has 0 saturated carbocycles. The van der Waals surface area contributed by atoms with E-state index in [9.17, 15) is 15.4 Å². The van der Waals surface area contributed by atoms with Crippen LogP contribution in [0.1, 0.15) is 6.42 Å². The summed E-state index contributed by atoms with van der Waals surface area (Å²) in [4.78, 5) is 4.80. The number of rotatable bonds is 3. The SMILES string of the molecule is CONc1cccc(O)c1/[N+](O)=C1/C=CC=C(O)C1. The fourth-order valence-corrected chi connectivity index (χ4v) is 1.81. The summed E-state index contributed by atoms with van der Waals surface area (Å²) in [6.07, 6.45) is 4.97. The third kappa shape index (κ3) is 2.69. The fraction of sp³-hybridized carbons (Fsp3) is 0.154. The molecule has 0 spiro atoms. The number of hydrogen-bond acceptors (Lipinski definition) is 5. The molecule has 0 fully saturated rings. The van der Waals surface area contributed by atoms with E-state index < -0.39 is 0 Å². The third-order valence-corrected chi connectivity index (χ3v) is 2.65. The van der Waals surface area contributed by atoms with Gasteiger partial charge in [-0.15, -0.1) is 0 Å². The van der Waals surface area contributed by atoms with Crippen molar-refractivity contribution >= 4 is 17.1 Å². The van der Waals surface area contributed by atoms with Gasteiger partial charge in [-0.3, -0.25) is 15.5 Å². The van der Waals surface area contributed by atoms with Gasteiger partial charge in [-0.1, -0.05) is 12.1 Å². The molecule has 0 unspecified atom stereocenters. The first kappa shape index (κ1) is 13.0. The highest BCUT2D eigenvalue weighted by Gasteiger charge is 2.25. The smallest absolute Gasteiger partial charge is 0.324 e. The molecule has 6 nitrogen and oxygen atoms in total. The molecular weight excluding hydrogens is 248 g/mol. The Labute approximate surface area is 110 Å². The zero-order valence-electron chi connectivity index (χ0n) is 10.4. The summed E-state index contributed by atoms with van der Waals surface area (Å²) in [5.41, 5.74) is 3.56. The number of anilines is 1. The number of hydrogen-bond donors (Lipinski definition) is 4. The second-order valence-electron chi connectivity index (χ2n) is 3.98. The molecule has 1 aromatic carbocycles. The Bertz CT molecular complexity index is 576. The number of aromatic hydroxyl groups is 1. The minimum atomic E-state index is -0.112. The van der Waals surface area contributed by atoms with E-state index in [4.69, 9.17) is 4.84 Å². The first-order valence-electron chi connectivity index (χ1n) is 5.65. The highest BCUT2D eigenvalue weighted by atomic mass is 16.6. The van der Waals surface area contributed by atoms with Crippen molar-refractivity contribution < 1.29 is 25.0 Å². The maximum atomic E-state index is 10.2. The Balaban J connectivity index is 2.49. The summed E-state index contributed by atoms with van der Waals surface area (Å²) in [7, 11) is 1.43. The average molecular weight is 263 g/mol. The molecular formula is C13H15N2O4+.